The van der Waals surface area contributed by atoms with Crippen molar-refractivity contribution in [3.8, 4) is 5.75 Å². The van der Waals surface area contributed by atoms with Crippen LogP contribution in [0.3, 0.4) is 0 Å². The molecule has 0 radical (unpaired) electrons. The fraction of sp³-hybridized carbons (Fsp3) is 0.571. The summed E-state index contributed by atoms with van der Waals surface area (Å²) in [5, 5.41) is 9.05. The van der Waals surface area contributed by atoms with Crippen LogP contribution in [-0.2, 0) is 0 Å². The number of rotatable bonds is 5. The molecule has 0 unspecified atom stereocenters. The van der Waals surface area contributed by atoms with Crippen molar-refractivity contribution >= 4 is 0 Å². The predicted molar refractivity (Wildman–Crippen MR) is 68.1 cm³/mol. The number of para-hydroxylation sites is 1. The van der Waals surface area contributed by atoms with Crippen LogP contribution in [0.2, 0.25) is 0 Å². The van der Waals surface area contributed by atoms with E-state index >= 15 is 0 Å². The Hall–Kier alpha value is -1.13. The van der Waals surface area contributed by atoms with Gasteiger partial charge in [-0.1, -0.05) is 12.1 Å². The fourth-order valence-electron chi connectivity index (χ4n) is 2.24. The topological polar surface area (TPSA) is 32.7 Å². The van der Waals surface area contributed by atoms with Gasteiger partial charge >= 0.3 is 0 Å². The summed E-state index contributed by atoms with van der Waals surface area (Å²) in [4.78, 5) is 2.30. The first-order chi connectivity index (χ1) is 8.79. The molecule has 1 fully saturated rings. The number of halogens is 1. The maximum Gasteiger partial charge on any atom is 0.165 e. The van der Waals surface area contributed by atoms with Crippen molar-refractivity contribution in [1.29, 1.82) is 0 Å². The summed E-state index contributed by atoms with van der Waals surface area (Å²) >= 11 is 0. The second-order valence-corrected chi connectivity index (χ2v) is 4.75. The van der Waals surface area contributed by atoms with Gasteiger partial charge in [-0.15, -0.1) is 0 Å². The van der Waals surface area contributed by atoms with Gasteiger partial charge in [0, 0.05) is 13.2 Å². The van der Waals surface area contributed by atoms with Gasteiger partial charge in [-0.25, -0.2) is 4.39 Å². The molecule has 0 aliphatic carbocycles. The lowest BCUT2D eigenvalue weighted by Gasteiger charge is -2.30. The Morgan fingerprint density at radius 3 is 2.67 bits per heavy atom. The Morgan fingerprint density at radius 2 is 2.00 bits per heavy atom. The minimum Gasteiger partial charge on any atom is -0.489 e. The van der Waals surface area contributed by atoms with Crippen LogP contribution in [0.15, 0.2) is 24.3 Å². The molecule has 1 aliphatic rings. The van der Waals surface area contributed by atoms with Gasteiger partial charge in [0.2, 0.25) is 0 Å². The molecule has 1 aliphatic heterocycles. The molecule has 18 heavy (non-hydrogen) atoms. The van der Waals surface area contributed by atoms with Crippen LogP contribution in [-0.4, -0.2) is 42.9 Å². The van der Waals surface area contributed by atoms with Crippen molar-refractivity contribution in [2.24, 2.45) is 5.92 Å². The van der Waals surface area contributed by atoms with E-state index in [4.69, 9.17) is 9.84 Å². The highest BCUT2D eigenvalue weighted by atomic mass is 19.1. The second-order valence-electron chi connectivity index (χ2n) is 4.75. The van der Waals surface area contributed by atoms with Crippen molar-refractivity contribution in [3.05, 3.63) is 30.1 Å². The van der Waals surface area contributed by atoms with Crippen LogP contribution in [0.1, 0.15) is 12.8 Å². The number of likely N-dealkylation sites (tertiary alicyclic amines) is 1. The molecular formula is C14H20FNO2. The van der Waals surface area contributed by atoms with Gasteiger partial charge < -0.3 is 9.84 Å². The molecule has 1 heterocycles. The van der Waals surface area contributed by atoms with Crippen LogP contribution < -0.4 is 4.74 Å². The van der Waals surface area contributed by atoms with E-state index < -0.39 is 0 Å². The number of benzene rings is 1. The molecule has 1 aromatic rings. The Bertz CT molecular complexity index is 365. The molecule has 2 rings (SSSR count). The van der Waals surface area contributed by atoms with E-state index in [1.807, 2.05) is 0 Å². The molecule has 100 valence electrons. The minimum atomic E-state index is -0.309. The Labute approximate surface area is 107 Å². The molecule has 0 aromatic heterocycles. The van der Waals surface area contributed by atoms with E-state index in [-0.39, 0.29) is 5.82 Å². The molecule has 1 N–H and O–H groups in total. The fourth-order valence-corrected chi connectivity index (χ4v) is 2.24. The molecule has 0 amide bonds. The van der Waals surface area contributed by atoms with Crippen molar-refractivity contribution in [1.82, 2.24) is 4.90 Å². The van der Waals surface area contributed by atoms with Crippen LogP contribution in [0, 0.1) is 11.7 Å². The third-order valence-electron chi connectivity index (χ3n) is 3.47. The molecule has 4 heteroatoms. The standard InChI is InChI=1S/C14H20FNO2/c15-13-3-1-2-4-14(13)18-10-9-16-7-5-12(11-17)6-8-16/h1-4,12,17H,5-11H2. The van der Waals surface area contributed by atoms with E-state index in [1.54, 1.807) is 18.2 Å². The number of hydrogen-bond acceptors (Lipinski definition) is 3. The summed E-state index contributed by atoms with van der Waals surface area (Å²) < 4.78 is 18.7. The lowest BCUT2D eigenvalue weighted by molar-refractivity contribution is 0.118. The SMILES string of the molecule is OCC1CCN(CCOc2ccccc2F)CC1. The smallest absolute Gasteiger partial charge is 0.165 e. The quantitative estimate of drug-likeness (QED) is 0.870. The lowest BCUT2D eigenvalue weighted by atomic mass is 9.98. The van der Waals surface area contributed by atoms with E-state index in [9.17, 15) is 4.39 Å². The van der Waals surface area contributed by atoms with Crippen molar-refractivity contribution in [2.45, 2.75) is 12.8 Å². The Balaban J connectivity index is 1.69. The number of piperidine rings is 1. The summed E-state index contributed by atoms with van der Waals surface area (Å²) in [5.41, 5.74) is 0. The molecule has 1 aromatic carbocycles. The average Bonchev–Trinajstić information content (AvgIpc) is 2.42. The largest absolute Gasteiger partial charge is 0.489 e. The lowest BCUT2D eigenvalue weighted by Crippen LogP contribution is -2.37. The highest BCUT2D eigenvalue weighted by Crippen LogP contribution is 2.17. The monoisotopic (exact) mass is 253 g/mol. The molecular weight excluding hydrogens is 233 g/mol. The Kier molecular flexibility index (Phi) is 4.96. The predicted octanol–water partition coefficient (Wildman–Crippen LogP) is 1.91. The average molecular weight is 253 g/mol. The maximum absolute atomic E-state index is 13.3. The van der Waals surface area contributed by atoms with Crippen molar-refractivity contribution in [2.75, 3.05) is 32.8 Å². The zero-order valence-electron chi connectivity index (χ0n) is 10.5. The summed E-state index contributed by atoms with van der Waals surface area (Å²) in [6.45, 7) is 3.59. The van der Waals surface area contributed by atoms with Gasteiger partial charge in [-0.05, 0) is 44.0 Å². The summed E-state index contributed by atoms with van der Waals surface area (Å²) in [5.74, 6) is 0.466. The number of ether oxygens (including phenoxy) is 1. The van der Waals surface area contributed by atoms with Gasteiger partial charge in [0.15, 0.2) is 11.6 Å². The Morgan fingerprint density at radius 1 is 1.28 bits per heavy atom. The van der Waals surface area contributed by atoms with Gasteiger partial charge in [-0.2, -0.15) is 0 Å². The van der Waals surface area contributed by atoms with E-state index in [2.05, 4.69) is 4.90 Å². The molecule has 3 nitrogen and oxygen atoms in total. The van der Waals surface area contributed by atoms with E-state index in [0.29, 0.717) is 24.9 Å². The first kappa shape index (κ1) is 13.3. The summed E-state index contributed by atoms with van der Waals surface area (Å²) in [7, 11) is 0. The summed E-state index contributed by atoms with van der Waals surface area (Å²) in [6, 6.07) is 6.47. The molecule has 0 spiro atoms. The third-order valence-corrected chi connectivity index (χ3v) is 3.47. The van der Waals surface area contributed by atoms with Crippen LogP contribution in [0.25, 0.3) is 0 Å². The van der Waals surface area contributed by atoms with Gasteiger partial charge in [0.05, 0.1) is 0 Å². The van der Waals surface area contributed by atoms with Crippen LogP contribution in [0.4, 0.5) is 4.39 Å². The molecule has 0 saturated carbocycles. The second kappa shape index (κ2) is 6.71. The van der Waals surface area contributed by atoms with E-state index in [1.165, 1.54) is 6.07 Å². The van der Waals surface area contributed by atoms with Crippen LogP contribution in [0.5, 0.6) is 5.75 Å². The molecule has 1 saturated heterocycles. The first-order valence-corrected chi connectivity index (χ1v) is 6.50. The third kappa shape index (κ3) is 3.68. The minimum absolute atomic E-state index is 0.291. The number of hydrogen-bond donors (Lipinski definition) is 1. The zero-order chi connectivity index (χ0) is 12.8. The highest BCUT2D eigenvalue weighted by Gasteiger charge is 2.18. The number of aliphatic hydroxyl groups excluding tert-OH is 1. The van der Waals surface area contributed by atoms with Gasteiger partial charge in [0.25, 0.3) is 0 Å². The normalized spacial score (nSPS) is 17.9. The van der Waals surface area contributed by atoms with Gasteiger partial charge in [0.1, 0.15) is 6.61 Å². The summed E-state index contributed by atoms with van der Waals surface area (Å²) in [6.07, 6.45) is 2.08. The van der Waals surface area contributed by atoms with Crippen LogP contribution >= 0.6 is 0 Å². The van der Waals surface area contributed by atoms with E-state index in [0.717, 1.165) is 32.5 Å². The van der Waals surface area contributed by atoms with Crippen molar-refractivity contribution < 1.29 is 14.2 Å². The van der Waals surface area contributed by atoms with Gasteiger partial charge in [-0.3, -0.25) is 4.90 Å². The number of aliphatic hydroxyl groups is 1. The maximum atomic E-state index is 13.3. The highest BCUT2D eigenvalue weighted by molar-refractivity contribution is 5.23. The zero-order valence-corrected chi connectivity index (χ0v) is 10.5. The van der Waals surface area contributed by atoms with Crippen molar-refractivity contribution in [3.63, 3.8) is 0 Å². The first-order valence-electron chi connectivity index (χ1n) is 6.50. The molecule has 0 bridgehead atoms. The molecule has 0 atom stereocenters. The number of nitrogens with zero attached hydrogens (tertiary/aromatic N) is 1.